The summed E-state index contributed by atoms with van der Waals surface area (Å²) in [5, 5.41) is 0. The van der Waals surface area contributed by atoms with Crippen molar-refractivity contribution in [3.05, 3.63) is 29.8 Å². The molecule has 2 aliphatic rings. The van der Waals surface area contributed by atoms with Gasteiger partial charge in [-0.15, -0.1) is 0 Å². The Hall–Kier alpha value is -2.21. The molecule has 0 unspecified atom stereocenters. The predicted molar refractivity (Wildman–Crippen MR) is 98.0 cm³/mol. The third-order valence-corrected chi connectivity index (χ3v) is 5.05. The van der Waals surface area contributed by atoms with Gasteiger partial charge in [-0.25, -0.2) is 9.69 Å². The molecule has 140 valence electrons. The van der Waals surface area contributed by atoms with Crippen LogP contribution in [0.25, 0.3) is 0 Å². The van der Waals surface area contributed by atoms with Gasteiger partial charge in [0.1, 0.15) is 0 Å². The van der Waals surface area contributed by atoms with Gasteiger partial charge >= 0.3 is 5.97 Å². The second-order valence-electron chi connectivity index (χ2n) is 6.92. The molecule has 26 heavy (non-hydrogen) atoms. The average molecular weight is 358 g/mol. The number of hydrogen-bond acceptors (Lipinski definition) is 5. The molecule has 1 aromatic rings. The number of rotatable bonds is 6. The summed E-state index contributed by atoms with van der Waals surface area (Å²) < 4.78 is 5.18. The Bertz CT molecular complexity index is 665. The Morgan fingerprint density at radius 2 is 1.81 bits per heavy atom. The Balaban J connectivity index is 1.67. The fourth-order valence-electron chi connectivity index (χ4n) is 3.54. The largest absolute Gasteiger partial charge is 0.462 e. The molecule has 2 amide bonds. The number of unbranched alkanes of at least 4 members (excludes halogenated alkanes) is 1. The second-order valence-corrected chi connectivity index (χ2v) is 6.92. The number of likely N-dealkylation sites (tertiary alicyclic amines) is 1. The van der Waals surface area contributed by atoms with E-state index in [0.29, 0.717) is 17.9 Å². The van der Waals surface area contributed by atoms with Crippen molar-refractivity contribution < 1.29 is 19.1 Å². The molecule has 0 bridgehead atoms. The van der Waals surface area contributed by atoms with Crippen molar-refractivity contribution in [1.29, 1.82) is 0 Å². The molecular weight excluding hydrogens is 332 g/mol. The highest BCUT2D eigenvalue weighted by Gasteiger charge is 2.42. The third kappa shape index (κ3) is 3.96. The van der Waals surface area contributed by atoms with E-state index in [0.717, 1.165) is 38.8 Å². The minimum Gasteiger partial charge on any atom is -0.462 e. The number of anilines is 1. The van der Waals surface area contributed by atoms with E-state index in [4.69, 9.17) is 4.74 Å². The Morgan fingerprint density at radius 3 is 2.46 bits per heavy atom. The SMILES string of the molecule is CCCCOC(=O)c1ccc(N2C(=O)C[C@@H](N3CCCCC3)C2=O)cc1. The summed E-state index contributed by atoms with van der Waals surface area (Å²) in [4.78, 5) is 40.5. The molecule has 6 heteroatoms. The van der Waals surface area contributed by atoms with Gasteiger partial charge in [-0.2, -0.15) is 0 Å². The maximum absolute atomic E-state index is 12.8. The Morgan fingerprint density at radius 1 is 1.12 bits per heavy atom. The van der Waals surface area contributed by atoms with E-state index in [-0.39, 0.29) is 30.2 Å². The van der Waals surface area contributed by atoms with Crippen molar-refractivity contribution in [3.8, 4) is 0 Å². The highest BCUT2D eigenvalue weighted by molar-refractivity contribution is 6.22. The molecule has 0 spiro atoms. The number of esters is 1. The van der Waals surface area contributed by atoms with Gasteiger partial charge < -0.3 is 4.74 Å². The molecular formula is C20H26N2O4. The first-order valence-electron chi connectivity index (χ1n) is 9.50. The van der Waals surface area contributed by atoms with Crippen molar-refractivity contribution >= 4 is 23.5 Å². The molecule has 2 heterocycles. The minimum absolute atomic E-state index is 0.157. The molecule has 2 aliphatic heterocycles. The van der Waals surface area contributed by atoms with E-state index in [1.165, 1.54) is 11.3 Å². The van der Waals surface area contributed by atoms with Crippen LogP contribution in [0.3, 0.4) is 0 Å². The predicted octanol–water partition coefficient (Wildman–Crippen LogP) is 2.76. The normalized spacial score (nSPS) is 21.3. The highest BCUT2D eigenvalue weighted by atomic mass is 16.5. The molecule has 0 saturated carbocycles. The van der Waals surface area contributed by atoms with Gasteiger partial charge in [0.05, 0.1) is 30.3 Å². The molecule has 0 N–H and O–H groups in total. The molecule has 2 saturated heterocycles. The fourth-order valence-corrected chi connectivity index (χ4v) is 3.54. The molecule has 1 atom stereocenters. The van der Waals surface area contributed by atoms with Crippen LogP contribution in [-0.2, 0) is 14.3 Å². The van der Waals surface area contributed by atoms with Crippen LogP contribution in [0.1, 0.15) is 55.8 Å². The number of carbonyl (C=O) groups excluding carboxylic acids is 3. The van der Waals surface area contributed by atoms with Crippen molar-refractivity contribution in [2.45, 2.75) is 51.5 Å². The van der Waals surface area contributed by atoms with Crippen LogP contribution in [0.5, 0.6) is 0 Å². The second kappa shape index (κ2) is 8.45. The van der Waals surface area contributed by atoms with E-state index < -0.39 is 0 Å². The maximum Gasteiger partial charge on any atom is 0.338 e. The molecule has 0 aromatic heterocycles. The van der Waals surface area contributed by atoms with Crippen molar-refractivity contribution in [2.75, 3.05) is 24.6 Å². The molecule has 6 nitrogen and oxygen atoms in total. The smallest absolute Gasteiger partial charge is 0.338 e. The zero-order valence-electron chi connectivity index (χ0n) is 15.3. The first-order chi connectivity index (χ1) is 12.6. The fraction of sp³-hybridized carbons (Fsp3) is 0.550. The highest BCUT2D eigenvalue weighted by Crippen LogP contribution is 2.27. The van der Waals surface area contributed by atoms with Gasteiger partial charge in [0.2, 0.25) is 5.91 Å². The lowest BCUT2D eigenvalue weighted by atomic mass is 10.1. The summed E-state index contributed by atoms with van der Waals surface area (Å²) in [6.45, 7) is 4.18. The van der Waals surface area contributed by atoms with Crippen LogP contribution >= 0.6 is 0 Å². The van der Waals surface area contributed by atoms with Crippen molar-refractivity contribution in [3.63, 3.8) is 0 Å². The standard InChI is InChI=1S/C20H26N2O4/c1-2-3-13-26-20(25)15-7-9-16(10-8-15)22-18(23)14-17(19(22)24)21-11-5-4-6-12-21/h7-10,17H,2-6,11-14H2,1H3/t17-/m1/s1. The van der Waals surface area contributed by atoms with Gasteiger partial charge in [-0.1, -0.05) is 19.8 Å². The molecule has 1 aromatic carbocycles. The molecule has 2 fully saturated rings. The number of carbonyl (C=O) groups is 3. The topological polar surface area (TPSA) is 66.9 Å². The van der Waals surface area contributed by atoms with Gasteiger partial charge in [-0.3, -0.25) is 14.5 Å². The van der Waals surface area contributed by atoms with Crippen LogP contribution in [0.4, 0.5) is 5.69 Å². The van der Waals surface area contributed by atoms with Crippen LogP contribution in [0.2, 0.25) is 0 Å². The maximum atomic E-state index is 12.8. The summed E-state index contributed by atoms with van der Waals surface area (Å²) in [6.07, 6.45) is 5.37. The first kappa shape index (κ1) is 18.6. The summed E-state index contributed by atoms with van der Waals surface area (Å²) in [7, 11) is 0. The zero-order chi connectivity index (χ0) is 18.5. The van der Waals surface area contributed by atoms with E-state index in [1.54, 1.807) is 24.3 Å². The Labute approximate surface area is 154 Å². The molecule has 3 rings (SSSR count). The number of amides is 2. The Kier molecular flexibility index (Phi) is 6.04. The van der Waals surface area contributed by atoms with E-state index >= 15 is 0 Å². The minimum atomic E-state index is -0.379. The van der Waals surface area contributed by atoms with Crippen LogP contribution < -0.4 is 4.90 Å². The van der Waals surface area contributed by atoms with E-state index in [9.17, 15) is 14.4 Å². The number of nitrogens with zero attached hydrogens (tertiary/aromatic N) is 2. The molecule has 0 aliphatic carbocycles. The summed E-state index contributed by atoms with van der Waals surface area (Å²) >= 11 is 0. The lowest BCUT2D eigenvalue weighted by Crippen LogP contribution is -2.44. The van der Waals surface area contributed by atoms with Crippen LogP contribution in [0, 0.1) is 0 Å². The number of ether oxygens (including phenoxy) is 1. The van der Waals surface area contributed by atoms with Crippen molar-refractivity contribution in [1.82, 2.24) is 4.90 Å². The molecule has 0 radical (unpaired) electrons. The number of hydrogen-bond donors (Lipinski definition) is 0. The monoisotopic (exact) mass is 358 g/mol. The third-order valence-electron chi connectivity index (χ3n) is 5.05. The van der Waals surface area contributed by atoms with Gasteiger partial charge in [-0.05, 0) is 56.6 Å². The number of benzene rings is 1. The van der Waals surface area contributed by atoms with E-state index in [2.05, 4.69) is 4.90 Å². The lowest BCUT2D eigenvalue weighted by molar-refractivity contribution is -0.123. The van der Waals surface area contributed by atoms with Gasteiger partial charge in [0, 0.05) is 0 Å². The van der Waals surface area contributed by atoms with Gasteiger partial charge in [0.25, 0.3) is 5.91 Å². The number of piperidine rings is 1. The summed E-state index contributed by atoms with van der Waals surface area (Å²) in [6, 6.07) is 6.16. The summed E-state index contributed by atoms with van der Waals surface area (Å²) in [5.41, 5.74) is 0.946. The average Bonchev–Trinajstić information content (AvgIpc) is 2.97. The van der Waals surface area contributed by atoms with Crippen LogP contribution in [0.15, 0.2) is 24.3 Å². The van der Waals surface area contributed by atoms with Gasteiger partial charge in [0.15, 0.2) is 0 Å². The lowest BCUT2D eigenvalue weighted by Gasteiger charge is -2.30. The van der Waals surface area contributed by atoms with E-state index in [1.807, 2.05) is 6.92 Å². The summed E-state index contributed by atoms with van der Waals surface area (Å²) in [5.74, 6) is -0.714. The van der Waals surface area contributed by atoms with Crippen molar-refractivity contribution in [2.24, 2.45) is 0 Å². The zero-order valence-corrected chi connectivity index (χ0v) is 15.3. The first-order valence-corrected chi connectivity index (χ1v) is 9.50. The number of imide groups is 1. The van der Waals surface area contributed by atoms with Crippen LogP contribution in [-0.4, -0.2) is 48.4 Å². The quantitative estimate of drug-likeness (QED) is 0.444.